The lowest BCUT2D eigenvalue weighted by Gasteiger charge is -2.20. The Balaban J connectivity index is 3.16. The molecule has 0 amide bonds. The molecule has 0 unspecified atom stereocenters. The third-order valence-electron chi connectivity index (χ3n) is 2.91. The number of benzene rings is 1. The molecule has 21 heavy (non-hydrogen) atoms. The van der Waals surface area contributed by atoms with E-state index >= 15 is 0 Å². The van der Waals surface area contributed by atoms with Crippen LogP contribution in [0.4, 0.5) is 13.2 Å². The number of nitrogens with zero attached hydrogens (tertiary/aromatic N) is 1. The molecule has 1 aromatic rings. The molecule has 0 heterocycles. The summed E-state index contributed by atoms with van der Waals surface area (Å²) in [6.45, 7) is 0.945. The zero-order valence-corrected chi connectivity index (χ0v) is 14.5. The van der Waals surface area contributed by atoms with E-state index in [0.29, 0.717) is 19.9 Å². The van der Waals surface area contributed by atoms with Crippen LogP contribution in [0.1, 0.15) is 17.5 Å². The second-order valence-corrected chi connectivity index (χ2v) is 7.66. The van der Waals surface area contributed by atoms with Crippen LogP contribution in [0.15, 0.2) is 21.5 Å². The molecule has 0 spiro atoms. The van der Waals surface area contributed by atoms with Crippen molar-refractivity contribution in [2.24, 2.45) is 0 Å². The molecule has 0 bridgehead atoms. The third-order valence-corrected chi connectivity index (χ3v) is 6.02. The molecule has 1 rings (SSSR count). The van der Waals surface area contributed by atoms with E-state index in [9.17, 15) is 21.6 Å². The van der Waals surface area contributed by atoms with Crippen molar-refractivity contribution >= 4 is 37.6 Å². The standard InChI is InChI=1S/C12H14BrClF3NO2S/c1-8-10(13)5-9(7-14)6-11(8)21(19,20)18(2)4-3-12(15,16)17/h5-6H,3-4,7H2,1-2H3. The molecule has 0 N–H and O–H groups in total. The van der Waals surface area contributed by atoms with Crippen LogP contribution in [-0.2, 0) is 15.9 Å². The normalized spacial score (nSPS) is 13.0. The lowest BCUT2D eigenvalue weighted by atomic mass is 10.2. The molecule has 0 saturated heterocycles. The Morgan fingerprint density at radius 2 is 1.90 bits per heavy atom. The SMILES string of the molecule is Cc1c(Br)cc(CCl)cc1S(=O)(=O)N(C)CCC(F)(F)F. The van der Waals surface area contributed by atoms with Gasteiger partial charge in [-0.1, -0.05) is 15.9 Å². The van der Waals surface area contributed by atoms with Gasteiger partial charge in [0, 0.05) is 23.9 Å². The summed E-state index contributed by atoms with van der Waals surface area (Å²) >= 11 is 8.92. The maximum Gasteiger partial charge on any atom is 0.390 e. The second-order valence-electron chi connectivity index (χ2n) is 4.53. The Morgan fingerprint density at radius 3 is 2.38 bits per heavy atom. The van der Waals surface area contributed by atoms with E-state index in [1.807, 2.05) is 0 Å². The van der Waals surface area contributed by atoms with E-state index in [1.165, 1.54) is 6.07 Å². The van der Waals surface area contributed by atoms with Gasteiger partial charge in [-0.15, -0.1) is 11.6 Å². The Morgan fingerprint density at radius 1 is 1.33 bits per heavy atom. The molecule has 3 nitrogen and oxygen atoms in total. The van der Waals surface area contributed by atoms with Crippen molar-refractivity contribution in [3.8, 4) is 0 Å². The summed E-state index contributed by atoms with van der Waals surface area (Å²) in [5, 5.41) is 0. The fourth-order valence-corrected chi connectivity index (χ4v) is 3.88. The molecular weight excluding hydrogens is 395 g/mol. The summed E-state index contributed by atoms with van der Waals surface area (Å²) < 4.78 is 62.7. The van der Waals surface area contributed by atoms with Crippen LogP contribution in [-0.4, -0.2) is 32.5 Å². The van der Waals surface area contributed by atoms with E-state index in [1.54, 1.807) is 13.0 Å². The first-order valence-corrected chi connectivity index (χ1v) is 8.64. The number of alkyl halides is 4. The van der Waals surface area contributed by atoms with Gasteiger partial charge in [-0.2, -0.15) is 13.2 Å². The smallest absolute Gasteiger partial charge is 0.207 e. The van der Waals surface area contributed by atoms with Gasteiger partial charge in [0.15, 0.2) is 0 Å². The molecule has 0 aliphatic carbocycles. The number of halogens is 5. The summed E-state index contributed by atoms with van der Waals surface area (Å²) in [5.41, 5.74) is 1.000. The maximum atomic E-state index is 12.4. The molecule has 9 heteroatoms. The van der Waals surface area contributed by atoms with Gasteiger partial charge in [-0.05, 0) is 30.2 Å². The largest absolute Gasteiger partial charge is 0.390 e. The van der Waals surface area contributed by atoms with Gasteiger partial charge >= 0.3 is 6.18 Å². The molecular formula is C12H14BrClF3NO2S. The quantitative estimate of drug-likeness (QED) is 0.689. The van der Waals surface area contributed by atoms with Crippen molar-refractivity contribution in [3.63, 3.8) is 0 Å². The van der Waals surface area contributed by atoms with Crippen LogP contribution >= 0.6 is 27.5 Å². The molecule has 0 fully saturated rings. The van der Waals surface area contributed by atoms with Crippen LogP contribution < -0.4 is 0 Å². The van der Waals surface area contributed by atoms with Crippen LogP contribution in [0, 0.1) is 6.92 Å². The highest BCUT2D eigenvalue weighted by Gasteiger charge is 2.31. The zero-order valence-electron chi connectivity index (χ0n) is 11.3. The molecule has 0 aromatic heterocycles. The lowest BCUT2D eigenvalue weighted by molar-refractivity contribution is -0.135. The van der Waals surface area contributed by atoms with Crippen molar-refractivity contribution in [1.29, 1.82) is 0 Å². The fourth-order valence-electron chi connectivity index (χ4n) is 1.62. The van der Waals surface area contributed by atoms with Crippen LogP contribution in [0.25, 0.3) is 0 Å². The molecule has 0 atom stereocenters. The molecule has 1 aromatic carbocycles. The number of sulfonamides is 1. The summed E-state index contributed by atoms with van der Waals surface area (Å²) in [4.78, 5) is -0.0443. The molecule has 0 saturated carbocycles. The third kappa shape index (κ3) is 4.84. The average Bonchev–Trinajstić information content (AvgIpc) is 2.37. The van der Waals surface area contributed by atoms with Gasteiger partial charge in [0.05, 0.1) is 11.3 Å². The summed E-state index contributed by atoms with van der Waals surface area (Å²) in [6, 6.07) is 3.06. The van der Waals surface area contributed by atoms with Crippen LogP contribution in [0.3, 0.4) is 0 Å². The Hall–Kier alpha value is -0.310. The highest BCUT2D eigenvalue weighted by molar-refractivity contribution is 9.10. The van der Waals surface area contributed by atoms with E-state index in [2.05, 4.69) is 15.9 Å². The number of hydrogen-bond donors (Lipinski definition) is 0. The van der Waals surface area contributed by atoms with Crippen LogP contribution in [0.2, 0.25) is 0 Å². The van der Waals surface area contributed by atoms with Gasteiger partial charge in [-0.3, -0.25) is 0 Å². The van der Waals surface area contributed by atoms with Crippen molar-refractivity contribution in [3.05, 3.63) is 27.7 Å². The summed E-state index contributed by atoms with van der Waals surface area (Å²) in [6.07, 6.45) is -5.60. The zero-order chi connectivity index (χ0) is 16.4. The monoisotopic (exact) mass is 407 g/mol. The first-order chi connectivity index (χ1) is 9.49. The summed E-state index contributed by atoms with van der Waals surface area (Å²) in [5.74, 6) is 0.105. The van der Waals surface area contributed by atoms with Crippen molar-refractivity contribution in [2.75, 3.05) is 13.6 Å². The number of rotatable bonds is 5. The number of hydrogen-bond acceptors (Lipinski definition) is 2. The maximum absolute atomic E-state index is 12.4. The molecule has 0 aliphatic rings. The summed E-state index contributed by atoms with van der Waals surface area (Å²) in [7, 11) is -2.88. The lowest BCUT2D eigenvalue weighted by Crippen LogP contribution is -2.31. The van der Waals surface area contributed by atoms with Crippen molar-refractivity contribution < 1.29 is 21.6 Å². The minimum absolute atomic E-state index is 0.0443. The topological polar surface area (TPSA) is 37.4 Å². The van der Waals surface area contributed by atoms with Gasteiger partial charge in [-0.25, -0.2) is 12.7 Å². The van der Waals surface area contributed by atoms with E-state index < -0.39 is 29.2 Å². The Kier molecular flexibility index (Phi) is 6.11. The predicted molar refractivity (Wildman–Crippen MR) is 78.9 cm³/mol. The van der Waals surface area contributed by atoms with E-state index in [0.717, 1.165) is 7.05 Å². The first-order valence-electron chi connectivity index (χ1n) is 5.87. The first kappa shape index (κ1) is 18.7. The van der Waals surface area contributed by atoms with Gasteiger partial charge in [0.2, 0.25) is 10.0 Å². The Bertz CT molecular complexity index is 620. The van der Waals surface area contributed by atoms with Gasteiger partial charge in [0.1, 0.15) is 0 Å². The highest BCUT2D eigenvalue weighted by Crippen LogP contribution is 2.29. The van der Waals surface area contributed by atoms with E-state index in [-0.39, 0.29) is 10.8 Å². The second kappa shape index (κ2) is 6.85. The molecule has 0 radical (unpaired) electrons. The van der Waals surface area contributed by atoms with Crippen molar-refractivity contribution in [2.45, 2.75) is 30.3 Å². The average molecular weight is 409 g/mol. The van der Waals surface area contributed by atoms with Gasteiger partial charge in [0.25, 0.3) is 0 Å². The molecule has 0 aliphatic heterocycles. The molecule has 120 valence electrons. The van der Waals surface area contributed by atoms with Crippen molar-refractivity contribution in [1.82, 2.24) is 4.31 Å². The predicted octanol–water partition coefficient (Wildman–Crippen LogP) is 4.07. The van der Waals surface area contributed by atoms with Crippen LogP contribution in [0.5, 0.6) is 0 Å². The van der Waals surface area contributed by atoms with E-state index in [4.69, 9.17) is 11.6 Å². The van der Waals surface area contributed by atoms with Gasteiger partial charge < -0.3 is 0 Å². The minimum Gasteiger partial charge on any atom is -0.207 e. The highest BCUT2D eigenvalue weighted by atomic mass is 79.9. The Labute approximate surface area is 135 Å². The fraction of sp³-hybridized carbons (Fsp3) is 0.500. The minimum atomic E-state index is -4.41.